The average molecular weight is 401 g/mol. The van der Waals surface area contributed by atoms with Gasteiger partial charge in [0.05, 0.1) is 6.67 Å². The average Bonchev–Trinajstić information content (AvgIpc) is 2.45. The molecule has 0 bridgehead atoms. The van der Waals surface area contributed by atoms with Crippen LogP contribution in [0.3, 0.4) is 0 Å². The molecule has 2 aromatic rings. The van der Waals surface area contributed by atoms with Gasteiger partial charge in [0.25, 0.3) is 0 Å². The third-order valence-electron chi connectivity index (χ3n) is 4.81. The molecule has 1 aliphatic rings. The fourth-order valence-corrected chi connectivity index (χ4v) is 4.19. The number of nitrogens with zero attached hydrogens (tertiary/aromatic N) is 2. The molecule has 0 atom stereocenters. The molecule has 1 aliphatic heterocycles. The van der Waals surface area contributed by atoms with Crippen LogP contribution in [0.4, 0.5) is 11.4 Å². The molecule has 0 fully saturated rings. The van der Waals surface area contributed by atoms with Crippen LogP contribution in [0.25, 0.3) is 0 Å². The molecule has 1 heterocycles. The summed E-state index contributed by atoms with van der Waals surface area (Å²) in [5.74, 6) is 0. The summed E-state index contributed by atoms with van der Waals surface area (Å²) in [5.41, 5.74) is 10.8. The molecule has 0 aromatic heterocycles. The second-order valence-electron chi connectivity index (χ2n) is 7.21. The van der Waals surface area contributed by atoms with Crippen molar-refractivity contribution in [1.29, 1.82) is 0 Å². The summed E-state index contributed by atoms with van der Waals surface area (Å²) in [6, 6.07) is 9.12. The smallest absolute Gasteiger partial charge is 0.0949 e. The Kier molecular flexibility index (Phi) is 5.99. The maximum atomic E-state index is 2.48. The summed E-state index contributed by atoms with van der Waals surface area (Å²) < 4.78 is 0. The number of aryl methyl sites for hydroxylation is 6. The topological polar surface area (TPSA) is 6.48 Å². The first-order valence-corrected chi connectivity index (χ1v) is 8.71. The van der Waals surface area contributed by atoms with Gasteiger partial charge in [-0.15, -0.1) is 17.0 Å². The van der Waals surface area contributed by atoms with E-state index >= 15 is 0 Å². The van der Waals surface area contributed by atoms with Crippen molar-refractivity contribution < 1.29 is 0 Å². The van der Waals surface area contributed by atoms with Gasteiger partial charge in [-0.25, -0.2) is 0 Å². The van der Waals surface area contributed by atoms with E-state index < -0.39 is 0 Å². The van der Waals surface area contributed by atoms with Gasteiger partial charge in [-0.1, -0.05) is 35.4 Å². The van der Waals surface area contributed by atoms with Gasteiger partial charge in [-0.05, 0) is 69.9 Å². The Labute approximate surface area is 162 Å². The minimum absolute atomic E-state index is 0. The molecule has 3 heteroatoms. The molecule has 0 saturated carbocycles. The lowest BCUT2D eigenvalue weighted by Gasteiger charge is -2.37. The molecule has 0 unspecified atom stereocenters. The van der Waals surface area contributed by atoms with Gasteiger partial charge in [0.1, 0.15) is 0 Å². The van der Waals surface area contributed by atoms with E-state index in [-0.39, 0.29) is 17.0 Å². The standard InChI is InChI=1S/C22H28N2.BrH/c1-15-10-17(3)21(18(4)11-15)23-8-7-9-24(14-23)22-19(5)12-16(2)13-20(22)6;/h7-8,10-13H,9,14H2,1-6H3;1H. The maximum Gasteiger partial charge on any atom is 0.0949 e. The van der Waals surface area contributed by atoms with Crippen molar-refractivity contribution in [3.8, 4) is 0 Å². The molecular formula is C22H29BrN2. The first kappa shape index (κ1) is 19.6. The van der Waals surface area contributed by atoms with Gasteiger partial charge >= 0.3 is 0 Å². The van der Waals surface area contributed by atoms with Crippen molar-refractivity contribution in [2.45, 2.75) is 41.5 Å². The van der Waals surface area contributed by atoms with Crippen LogP contribution in [0, 0.1) is 41.5 Å². The zero-order valence-corrected chi connectivity index (χ0v) is 17.9. The van der Waals surface area contributed by atoms with Gasteiger partial charge in [0.2, 0.25) is 0 Å². The van der Waals surface area contributed by atoms with E-state index in [2.05, 4.69) is 87.9 Å². The van der Waals surface area contributed by atoms with Gasteiger partial charge in [0, 0.05) is 24.1 Å². The van der Waals surface area contributed by atoms with E-state index in [4.69, 9.17) is 0 Å². The Hall–Kier alpha value is -1.74. The van der Waals surface area contributed by atoms with Crippen LogP contribution >= 0.6 is 17.0 Å². The molecule has 0 aliphatic carbocycles. The van der Waals surface area contributed by atoms with Gasteiger partial charge in [0.15, 0.2) is 0 Å². The number of anilines is 2. The Morgan fingerprint density at radius 3 is 1.60 bits per heavy atom. The molecule has 134 valence electrons. The van der Waals surface area contributed by atoms with Gasteiger partial charge in [-0.2, -0.15) is 0 Å². The zero-order valence-electron chi connectivity index (χ0n) is 16.2. The summed E-state index contributed by atoms with van der Waals surface area (Å²) in [5, 5.41) is 0. The third kappa shape index (κ3) is 3.92. The minimum Gasteiger partial charge on any atom is -0.349 e. The number of benzene rings is 2. The molecular weight excluding hydrogens is 372 g/mol. The molecule has 0 radical (unpaired) electrons. The molecule has 0 saturated heterocycles. The molecule has 25 heavy (non-hydrogen) atoms. The van der Waals surface area contributed by atoms with Crippen LogP contribution < -0.4 is 9.80 Å². The highest BCUT2D eigenvalue weighted by atomic mass is 79.9. The maximum absolute atomic E-state index is 2.48. The normalized spacial score (nSPS) is 13.8. The van der Waals surface area contributed by atoms with Crippen molar-refractivity contribution in [2.75, 3.05) is 23.0 Å². The fraction of sp³-hybridized carbons (Fsp3) is 0.364. The molecule has 0 amide bonds. The first-order valence-electron chi connectivity index (χ1n) is 8.71. The van der Waals surface area contributed by atoms with E-state index in [1.807, 2.05) is 0 Å². The number of rotatable bonds is 2. The second-order valence-corrected chi connectivity index (χ2v) is 7.21. The Balaban J connectivity index is 0.00000225. The number of halogens is 1. The van der Waals surface area contributed by atoms with Crippen LogP contribution in [0.1, 0.15) is 33.4 Å². The molecule has 2 aromatic carbocycles. The Bertz CT molecular complexity index is 762. The van der Waals surface area contributed by atoms with E-state index in [0.717, 1.165) is 13.2 Å². The Morgan fingerprint density at radius 2 is 1.12 bits per heavy atom. The lowest BCUT2D eigenvalue weighted by molar-refractivity contribution is 0.799. The van der Waals surface area contributed by atoms with Crippen molar-refractivity contribution in [3.63, 3.8) is 0 Å². The van der Waals surface area contributed by atoms with E-state index in [0.29, 0.717) is 0 Å². The number of hydrogen-bond acceptors (Lipinski definition) is 2. The van der Waals surface area contributed by atoms with Gasteiger partial charge < -0.3 is 9.80 Å². The van der Waals surface area contributed by atoms with Crippen LogP contribution in [0.15, 0.2) is 36.5 Å². The summed E-state index contributed by atoms with van der Waals surface area (Å²) in [6.45, 7) is 15.1. The van der Waals surface area contributed by atoms with Gasteiger partial charge in [-0.3, -0.25) is 0 Å². The highest BCUT2D eigenvalue weighted by molar-refractivity contribution is 8.93. The zero-order chi connectivity index (χ0) is 17.4. The summed E-state index contributed by atoms with van der Waals surface area (Å²) in [6.07, 6.45) is 4.50. The van der Waals surface area contributed by atoms with E-state index in [1.165, 1.54) is 44.8 Å². The Morgan fingerprint density at radius 1 is 0.680 bits per heavy atom. The van der Waals surface area contributed by atoms with Crippen molar-refractivity contribution in [1.82, 2.24) is 0 Å². The fourth-order valence-electron chi connectivity index (χ4n) is 4.19. The van der Waals surface area contributed by atoms with E-state index in [9.17, 15) is 0 Å². The predicted molar refractivity (Wildman–Crippen MR) is 115 cm³/mol. The second kappa shape index (κ2) is 7.65. The first-order chi connectivity index (χ1) is 11.4. The SMILES string of the molecule is Br.Cc1cc(C)c(N2C=CCN(c3c(C)cc(C)cc3C)C2)c(C)c1. The highest BCUT2D eigenvalue weighted by Crippen LogP contribution is 2.32. The van der Waals surface area contributed by atoms with Crippen molar-refractivity contribution in [2.24, 2.45) is 0 Å². The lowest BCUT2D eigenvalue weighted by atomic mass is 10.0. The minimum atomic E-state index is 0. The molecule has 0 spiro atoms. The summed E-state index contributed by atoms with van der Waals surface area (Å²) in [7, 11) is 0. The van der Waals surface area contributed by atoms with Crippen LogP contribution in [0.5, 0.6) is 0 Å². The molecule has 3 rings (SSSR count). The molecule has 0 N–H and O–H groups in total. The summed E-state index contributed by atoms with van der Waals surface area (Å²) >= 11 is 0. The van der Waals surface area contributed by atoms with Crippen molar-refractivity contribution >= 4 is 28.4 Å². The number of hydrogen-bond donors (Lipinski definition) is 0. The monoisotopic (exact) mass is 400 g/mol. The third-order valence-corrected chi connectivity index (χ3v) is 4.81. The highest BCUT2D eigenvalue weighted by Gasteiger charge is 2.20. The largest absolute Gasteiger partial charge is 0.349 e. The van der Waals surface area contributed by atoms with E-state index in [1.54, 1.807) is 0 Å². The van der Waals surface area contributed by atoms with Crippen LogP contribution in [-0.4, -0.2) is 13.2 Å². The van der Waals surface area contributed by atoms with Crippen LogP contribution in [-0.2, 0) is 0 Å². The quantitative estimate of drug-likeness (QED) is 0.617. The lowest BCUT2D eigenvalue weighted by Crippen LogP contribution is -2.40. The molecule has 2 nitrogen and oxygen atoms in total. The predicted octanol–water partition coefficient (Wildman–Crippen LogP) is 5.91. The van der Waals surface area contributed by atoms with Crippen molar-refractivity contribution in [3.05, 3.63) is 69.9 Å². The van der Waals surface area contributed by atoms with Crippen LogP contribution in [0.2, 0.25) is 0 Å². The summed E-state index contributed by atoms with van der Waals surface area (Å²) in [4.78, 5) is 4.86.